The van der Waals surface area contributed by atoms with Crippen LogP contribution in [-0.2, 0) is 42.4 Å². The molecule has 1 saturated carbocycles. The van der Waals surface area contributed by atoms with Gasteiger partial charge in [-0.15, -0.1) is 0 Å². The topological polar surface area (TPSA) is 175 Å². The predicted molar refractivity (Wildman–Crippen MR) is 259 cm³/mol. The molecule has 0 aliphatic heterocycles. The Morgan fingerprint density at radius 1 is 0.833 bits per heavy atom. The Balaban J connectivity index is 1.24. The Bertz CT molecular complexity index is 2550. The summed E-state index contributed by atoms with van der Waals surface area (Å²) in [7, 11) is 3.51. The molecule has 0 amide bonds. The quantitative estimate of drug-likeness (QED) is 0.0257. The highest BCUT2D eigenvalue weighted by Gasteiger charge is 2.35. The van der Waals surface area contributed by atoms with Crippen molar-refractivity contribution >= 4 is 16.6 Å². The van der Waals surface area contributed by atoms with Crippen LogP contribution in [0, 0.1) is 5.92 Å². The summed E-state index contributed by atoms with van der Waals surface area (Å²) in [5.41, 5.74) is 6.92. The highest BCUT2D eigenvalue weighted by Crippen LogP contribution is 2.42. The van der Waals surface area contributed by atoms with Gasteiger partial charge in [-0.3, -0.25) is 10.1 Å². The lowest BCUT2D eigenvalue weighted by Gasteiger charge is -2.38. The van der Waals surface area contributed by atoms with E-state index in [0.717, 1.165) is 82.7 Å². The number of ether oxygens (including phenoxy) is 2. The standard InChI is InChI=1S/C55H66N3O8/c1-5-38-14-15-39-11-7-8-12-45(39)46(38)30-48-40(16-18-50(62)54(48)65-4)26-42(23-37-19-22-57-33-37)51(63)31-52(64)47(24-36-13-17-49(61)53(25-36)66-34-58-32-35(2)59)41-27-43(29-44(60)28-41)55(56-3)20-9-6-10-21-55/h7-8,11-19,22,25,27-29,33,35,42,47,51,56,58-63H,5-6,9-10,20-21,23-24,26,30-32,34H2,1-4H3/q-1. The summed E-state index contributed by atoms with van der Waals surface area (Å²) in [5.74, 6) is -0.786. The molecular formula is C55H66N3O8-. The molecule has 350 valence electrons. The zero-order valence-corrected chi connectivity index (χ0v) is 38.7. The van der Waals surface area contributed by atoms with Gasteiger partial charge in [0.1, 0.15) is 18.3 Å². The lowest BCUT2D eigenvalue weighted by atomic mass is 9.75. The molecule has 11 nitrogen and oxygen atoms in total. The third-order valence-electron chi connectivity index (χ3n) is 13.7. The van der Waals surface area contributed by atoms with Gasteiger partial charge in [-0.05, 0) is 133 Å². The lowest BCUT2D eigenvalue weighted by molar-refractivity contribution is -0.123. The summed E-state index contributed by atoms with van der Waals surface area (Å²) >= 11 is 0. The molecule has 1 heterocycles. The molecule has 0 radical (unpaired) electrons. The number of hydrogen-bond acceptors (Lipinski definition) is 10. The third kappa shape index (κ3) is 11.4. The zero-order chi connectivity index (χ0) is 46.8. The Kier molecular flexibility index (Phi) is 16.1. The van der Waals surface area contributed by atoms with E-state index in [-0.39, 0.29) is 53.9 Å². The molecule has 1 aliphatic carbocycles. The summed E-state index contributed by atoms with van der Waals surface area (Å²) in [6, 6.07) is 28.6. The van der Waals surface area contributed by atoms with Crippen LogP contribution in [0.1, 0.15) is 103 Å². The fraction of sp³-hybridized carbons (Fsp3) is 0.400. The number of rotatable bonds is 22. The van der Waals surface area contributed by atoms with Gasteiger partial charge in [0.15, 0.2) is 23.0 Å². The molecule has 0 saturated heterocycles. The summed E-state index contributed by atoms with van der Waals surface area (Å²) in [6.45, 7) is 4.16. The van der Waals surface area contributed by atoms with Gasteiger partial charge >= 0.3 is 0 Å². The minimum atomic E-state index is -1.09. The first-order valence-electron chi connectivity index (χ1n) is 23.4. The number of nitrogens with one attached hydrogen (secondary N) is 2. The van der Waals surface area contributed by atoms with Crippen molar-refractivity contribution in [1.29, 1.82) is 0 Å². The van der Waals surface area contributed by atoms with E-state index in [4.69, 9.17) is 9.47 Å². The van der Waals surface area contributed by atoms with E-state index in [9.17, 15) is 25.5 Å². The molecule has 66 heavy (non-hydrogen) atoms. The first-order chi connectivity index (χ1) is 31.9. The number of aliphatic hydroxyl groups is 2. The Morgan fingerprint density at radius 2 is 1.61 bits per heavy atom. The molecule has 1 aliphatic rings. The van der Waals surface area contributed by atoms with Crippen LogP contribution in [0.25, 0.3) is 10.8 Å². The van der Waals surface area contributed by atoms with Crippen LogP contribution in [-0.4, -0.2) is 71.0 Å². The number of aryl methyl sites for hydroxylation is 1. The SMILES string of the molecule is CCc1ccc2ccccc2c1Cc1c(CC(Cc2cc[n-]c2)C(O)CC(=O)C(Cc2ccc(O)c(OCNCC(C)O)c2)c2cc(O)cc(C3(NC)CCCCC3)c2)ccc(O)c1OC. The maximum absolute atomic E-state index is 15.1. The van der Waals surface area contributed by atoms with E-state index < -0.39 is 24.0 Å². The van der Waals surface area contributed by atoms with Crippen molar-refractivity contribution in [2.45, 2.75) is 108 Å². The van der Waals surface area contributed by atoms with Crippen molar-refractivity contribution in [2.24, 2.45) is 5.92 Å². The van der Waals surface area contributed by atoms with Crippen molar-refractivity contribution in [2.75, 3.05) is 27.4 Å². The van der Waals surface area contributed by atoms with Crippen LogP contribution in [0.15, 0.2) is 103 Å². The number of Topliss-reactive ketones (excluding diaryl/α,β-unsaturated/α-hetero) is 1. The highest BCUT2D eigenvalue weighted by atomic mass is 16.5. The number of nitrogens with zero attached hydrogens (tertiary/aromatic N) is 1. The van der Waals surface area contributed by atoms with Crippen LogP contribution in [0.4, 0.5) is 0 Å². The molecule has 0 bridgehead atoms. The minimum Gasteiger partial charge on any atom is -0.670 e. The number of benzene rings is 5. The number of aromatic hydroxyl groups is 3. The average molecular weight is 897 g/mol. The van der Waals surface area contributed by atoms with Gasteiger partial charge in [0.05, 0.1) is 19.3 Å². The van der Waals surface area contributed by atoms with E-state index in [0.29, 0.717) is 37.1 Å². The summed E-state index contributed by atoms with van der Waals surface area (Å²) in [6.07, 6.45) is 9.02. The maximum Gasteiger partial charge on any atom is 0.164 e. The van der Waals surface area contributed by atoms with Crippen LogP contribution >= 0.6 is 0 Å². The van der Waals surface area contributed by atoms with Gasteiger partial charge in [0.25, 0.3) is 0 Å². The summed E-state index contributed by atoms with van der Waals surface area (Å²) in [4.78, 5) is 19.4. The number of aliphatic hydroxyl groups excluding tert-OH is 2. The number of carbonyl (C=O) groups is 1. The molecule has 11 heteroatoms. The number of hydrogen-bond donors (Lipinski definition) is 7. The maximum atomic E-state index is 15.1. The number of methoxy groups -OCH3 is 1. The fourth-order valence-electron chi connectivity index (χ4n) is 10.1. The molecule has 1 aromatic heterocycles. The number of aromatic nitrogens is 1. The molecule has 6 aromatic rings. The first-order valence-corrected chi connectivity index (χ1v) is 23.4. The minimum absolute atomic E-state index is 0.0301. The molecular weight excluding hydrogens is 831 g/mol. The number of fused-ring (bicyclic) bond motifs is 1. The second-order valence-corrected chi connectivity index (χ2v) is 18.1. The molecule has 7 N–H and O–H groups in total. The van der Waals surface area contributed by atoms with Crippen molar-refractivity contribution < 1.29 is 39.8 Å². The Morgan fingerprint density at radius 3 is 2.33 bits per heavy atom. The van der Waals surface area contributed by atoms with Crippen molar-refractivity contribution in [3.63, 3.8) is 0 Å². The van der Waals surface area contributed by atoms with Gasteiger partial charge in [0, 0.05) is 36.4 Å². The molecule has 5 aromatic carbocycles. The smallest absolute Gasteiger partial charge is 0.164 e. The van der Waals surface area contributed by atoms with Gasteiger partial charge in [0.2, 0.25) is 0 Å². The number of carbonyl (C=O) groups excluding carboxylic acids is 1. The van der Waals surface area contributed by atoms with E-state index in [1.165, 1.54) is 11.6 Å². The second-order valence-electron chi connectivity index (χ2n) is 18.1. The average Bonchev–Trinajstić information content (AvgIpc) is 3.84. The number of ketones is 1. The summed E-state index contributed by atoms with van der Waals surface area (Å²) in [5, 5.41) is 64.2. The van der Waals surface area contributed by atoms with E-state index in [1.807, 2.05) is 37.4 Å². The zero-order valence-electron chi connectivity index (χ0n) is 38.7. The lowest BCUT2D eigenvalue weighted by Crippen LogP contribution is -2.41. The Hall–Kier alpha value is -5.85. The second kappa shape index (κ2) is 22.1. The van der Waals surface area contributed by atoms with Gasteiger partial charge < -0.3 is 45.3 Å². The molecule has 7 rings (SSSR count). The van der Waals surface area contributed by atoms with Crippen molar-refractivity contribution in [3.05, 3.63) is 148 Å². The molecule has 4 atom stereocenters. The number of phenolic OH excluding ortho intramolecular Hbond substituents is 3. The normalized spacial score (nSPS) is 15.5. The van der Waals surface area contributed by atoms with Crippen LogP contribution in [0.5, 0.6) is 28.7 Å². The summed E-state index contributed by atoms with van der Waals surface area (Å²) < 4.78 is 11.8. The van der Waals surface area contributed by atoms with E-state index in [1.54, 1.807) is 56.8 Å². The molecule has 4 unspecified atom stereocenters. The molecule has 0 spiro atoms. The first kappa shape index (κ1) is 48.1. The van der Waals surface area contributed by atoms with Crippen LogP contribution < -0.4 is 25.1 Å². The largest absolute Gasteiger partial charge is 0.670 e. The van der Waals surface area contributed by atoms with Crippen molar-refractivity contribution in [3.8, 4) is 28.7 Å². The van der Waals surface area contributed by atoms with Crippen molar-refractivity contribution in [1.82, 2.24) is 15.6 Å². The van der Waals surface area contributed by atoms with E-state index in [2.05, 4.69) is 46.8 Å². The Labute approximate surface area is 388 Å². The molecule has 1 fully saturated rings. The fourth-order valence-corrected chi connectivity index (χ4v) is 10.1. The van der Waals surface area contributed by atoms with Crippen LogP contribution in [0.3, 0.4) is 0 Å². The van der Waals surface area contributed by atoms with Gasteiger partial charge in [-0.25, -0.2) is 0 Å². The van der Waals surface area contributed by atoms with Crippen LogP contribution in [0.2, 0.25) is 0 Å². The number of phenols is 3. The highest BCUT2D eigenvalue weighted by molar-refractivity contribution is 5.88. The monoisotopic (exact) mass is 896 g/mol. The van der Waals surface area contributed by atoms with Gasteiger partial charge in [-0.1, -0.05) is 92.4 Å². The predicted octanol–water partition coefficient (Wildman–Crippen LogP) is 8.51. The van der Waals surface area contributed by atoms with E-state index >= 15 is 4.79 Å². The third-order valence-corrected chi connectivity index (χ3v) is 13.7. The van der Waals surface area contributed by atoms with Gasteiger partial charge in [-0.2, -0.15) is 12.4 Å².